The molecular formula is C22H24ClF2N7O2. The van der Waals surface area contributed by atoms with Gasteiger partial charge in [0.15, 0.2) is 11.5 Å². The number of halogens is 3. The molecule has 2 fully saturated rings. The molecule has 3 aromatic rings. The van der Waals surface area contributed by atoms with Crippen molar-refractivity contribution in [2.45, 2.75) is 44.2 Å². The van der Waals surface area contributed by atoms with Crippen LogP contribution in [0.25, 0.3) is 11.2 Å². The van der Waals surface area contributed by atoms with Crippen molar-refractivity contribution < 1.29 is 18.3 Å². The Morgan fingerprint density at radius 1 is 1.18 bits per heavy atom. The average molecular weight is 492 g/mol. The van der Waals surface area contributed by atoms with Crippen molar-refractivity contribution in [1.82, 2.24) is 19.5 Å². The van der Waals surface area contributed by atoms with Crippen LogP contribution in [0.3, 0.4) is 0 Å². The van der Waals surface area contributed by atoms with Crippen LogP contribution in [0.1, 0.15) is 38.1 Å². The van der Waals surface area contributed by atoms with Crippen molar-refractivity contribution >= 4 is 46.3 Å². The topological polar surface area (TPSA) is 120 Å². The van der Waals surface area contributed by atoms with E-state index in [-0.39, 0.29) is 34.6 Å². The van der Waals surface area contributed by atoms with Crippen LogP contribution in [0, 0.1) is 17.6 Å². The molecule has 0 spiro atoms. The van der Waals surface area contributed by atoms with Crippen LogP contribution in [0.5, 0.6) is 0 Å². The van der Waals surface area contributed by atoms with Gasteiger partial charge < -0.3 is 21.1 Å². The maximum absolute atomic E-state index is 14.5. The fourth-order valence-corrected chi connectivity index (χ4v) is 4.86. The summed E-state index contributed by atoms with van der Waals surface area (Å²) in [7, 11) is 0. The normalized spacial score (nSPS) is 22.7. The standard InChI is InChI=1S/C22H24ClF2N7O2/c23-15-7-12(24)8-16(25)18(15)30-22-29-17-9-27-21(28-13-5-6-34-10-13)31-20(17)32(22)14-3-1-11(2-4-14)19(26)33/h7-9,11,13-14H,1-6,10H2,(H2,26,33)(H,29,30)(H,27,28,31)/t11-,13-,14+/m1/s1. The van der Waals surface area contributed by atoms with Crippen molar-refractivity contribution in [1.29, 1.82) is 0 Å². The number of nitrogens with zero attached hydrogens (tertiary/aromatic N) is 4. The lowest BCUT2D eigenvalue weighted by Gasteiger charge is -2.29. The molecule has 180 valence electrons. The Morgan fingerprint density at radius 3 is 2.65 bits per heavy atom. The number of rotatable bonds is 6. The van der Waals surface area contributed by atoms with Crippen LogP contribution in [-0.2, 0) is 9.53 Å². The summed E-state index contributed by atoms with van der Waals surface area (Å²) in [5.74, 6) is -1.35. The monoisotopic (exact) mass is 491 g/mol. The lowest BCUT2D eigenvalue weighted by atomic mass is 9.85. The van der Waals surface area contributed by atoms with Crippen LogP contribution >= 0.6 is 11.6 Å². The number of ether oxygens (including phenoxy) is 1. The summed E-state index contributed by atoms with van der Waals surface area (Å²) in [6.07, 6.45) is 5.03. The number of carbonyl (C=O) groups excluding carboxylic acids is 1. The van der Waals surface area contributed by atoms with Gasteiger partial charge in [-0.1, -0.05) is 11.6 Å². The van der Waals surface area contributed by atoms with Crippen LogP contribution in [0.4, 0.5) is 26.4 Å². The predicted molar refractivity (Wildman–Crippen MR) is 123 cm³/mol. The Morgan fingerprint density at radius 2 is 1.97 bits per heavy atom. The van der Waals surface area contributed by atoms with Crippen LogP contribution < -0.4 is 16.4 Å². The number of hydrogen-bond donors (Lipinski definition) is 3. The summed E-state index contributed by atoms with van der Waals surface area (Å²) in [5, 5.41) is 6.10. The molecule has 9 nitrogen and oxygen atoms in total. The zero-order valence-corrected chi connectivity index (χ0v) is 19.0. The number of nitrogens with two attached hydrogens (primary N) is 1. The second-order valence-corrected chi connectivity index (χ2v) is 9.10. The molecule has 1 aliphatic carbocycles. The molecule has 1 saturated heterocycles. The van der Waals surface area contributed by atoms with E-state index in [9.17, 15) is 13.6 Å². The van der Waals surface area contributed by atoms with E-state index in [0.29, 0.717) is 62.0 Å². The molecule has 34 heavy (non-hydrogen) atoms. The molecule has 0 unspecified atom stereocenters. The van der Waals surface area contributed by atoms with E-state index < -0.39 is 11.6 Å². The third kappa shape index (κ3) is 4.49. The Labute approximate surface area is 199 Å². The fraction of sp³-hybridized carbons (Fsp3) is 0.455. The number of anilines is 3. The molecule has 1 saturated carbocycles. The van der Waals surface area contributed by atoms with E-state index in [1.54, 1.807) is 6.20 Å². The Bertz CT molecular complexity index is 1200. The fourth-order valence-electron chi connectivity index (χ4n) is 4.62. The summed E-state index contributed by atoms with van der Waals surface area (Å²) in [6, 6.07) is 1.83. The van der Waals surface area contributed by atoms with Gasteiger partial charge in [0.1, 0.15) is 11.3 Å². The zero-order chi connectivity index (χ0) is 23.8. The molecule has 3 heterocycles. The third-order valence-electron chi connectivity index (χ3n) is 6.40. The summed E-state index contributed by atoms with van der Waals surface area (Å²) in [4.78, 5) is 25.3. The molecule has 0 bridgehead atoms. The minimum Gasteiger partial charge on any atom is -0.379 e. The Kier molecular flexibility index (Phi) is 6.22. The first-order chi connectivity index (χ1) is 16.4. The highest BCUT2D eigenvalue weighted by molar-refractivity contribution is 6.33. The second-order valence-electron chi connectivity index (χ2n) is 8.69. The SMILES string of the molecule is NC(=O)[C@H]1CC[C@@H](n2c(Nc3c(F)cc(F)cc3Cl)nc3cnc(N[C@@H]4CCOC4)nc32)CC1. The number of benzene rings is 1. The molecule has 1 aromatic carbocycles. The van der Waals surface area contributed by atoms with Gasteiger partial charge in [0.2, 0.25) is 17.8 Å². The summed E-state index contributed by atoms with van der Waals surface area (Å²) in [5.41, 5.74) is 6.48. The number of amides is 1. The minimum absolute atomic E-state index is 0.0667. The zero-order valence-electron chi connectivity index (χ0n) is 18.2. The second kappa shape index (κ2) is 9.30. The first kappa shape index (κ1) is 22.7. The molecule has 1 amide bonds. The lowest BCUT2D eigenvalue weighted by Crippen LogP contribution is -2.29. The van der Waals surface area contributed by atoms with Gasteiger partial charge in [0.05, 0.1) is 29.6 Å². The molecule has 0 radical (unpaired) electrons. The highest BCUT2D eigenvalue weighted by Crippen LogP contribution is 2.38. The summed E-state index contributed by atoms with van der Waals surface area (Å²) in [6.45, 7) is 1.26. The van der Waals surface area contributed by atoms with E-state index in [4.69, 9.17) is 27.1 Å². The van der Waals surface area contributed by atoms with Gasteiger partial charge in [0.25, 0.3) is 0 Å². The van der Waals surface area contributed by atoms with E-state index in [1.165, 1.54) is 0 Å². The van der Waals surface area contributed by atoms with Crippen molar-refractivity contribution in [3.8, 4) is 0 Å². The average Bonchev–Trinajstić information content (AvgIpc) is 3.43. The van der Waals surface area contributed by atoms with Gasteiger partial charge in [-0.25, -0.2) is 18.7 Å². The van der Waals surface area contributed by atoms with E-state index in [2.05, 4.69) is 20.6 Å². The molecule has 1 aliphatic heterocycles. The number of fused-ring (bicyclic) bond motifs is 1. The smallest absolute Gasteiger partial charge is 0.225 e. The van der Waals surface area contributed by atoms with Crippen molar-refractivity contribution in [3.63, 3.8) is 0 Å². The first-order valence-electron chi connectivity index (χ1n) is 11.2. The molecule has 2 aromatic heterocycles. The predicted octanol–water partition coefficient (Wildman–Crippen LogP) is 3.92. The first-order valence-corrected chi connectivity index (χ1v) is 11.6. The number of nitrogens with one attached hydrogen (secondary N) is 2. The number of carbonyl (C=O) groups is 1. The number of imidazole rings is 1. The van der Waals surface area contributed by atoms with Gasteiger partial charge in [-0.2, -0.15) is 4.98 Å². The molecule has 4 N–H and O–H groups in total. The van der Waals surface area contributed by atoms with Crippen LogP contribution in [0.15, 0.2) is 18.3 Å². The molecule has 2 aliphatic rings. The minimum atomic E-state index is -0.837. The lowest BCUT2D eigenvalue weighted by molar-refractivity contribution is -0.122. The number of aromatic nitrogens is 4. The number of primary amides is 1. The van der Waals surface area contributed by atoms with Gasteiger partial charge in [-0.3, -0.25) is 9.36 Å². The highest BCUT2D eigenvalue weighted by Gasteiger charge is 2.30. The van der Waals surface area contributed by atoms with E-state index in [0.717, 1.165) is 18.6 Å². The molecular weight excluding hydrogens is 468 g/mol. The van der Waals surface area contributed by atoms with Crippen LogP contribution in [0.2, 0.25) is 5.02 Å². The van der Waals surface area contributed by atoms with Gasteiger partial charge >= 0.3 is 0 Å². The van der Waals surface area contributed by atoms with E-state index in [1.807, 2.05) is 4.57 Å². The maximum atomic E-state index is 14.5. The van der Waals surface area contributed by atoms with Gasteiger partial charge in [0, 0.05) is 24.6 Å². The van der Waals surface area contributed by atoms with Crippen molar-refractivity contribution in [3.05, 3.63) is 35.0 Å². The van der Waals surface area contributed by atoms with Crippen LogP contribution in [-0.4, -0.2) is 44.7 Å². The molecule has 5 rings (SSSR count). The largest absolute Gasteiger partial charge is 0.379 e. The quantitative estimate of drug-likeness (QED) is 0.478. The van der Waals surface area contributed by atoms with Gasteiger partial charge in [-0.15, -0.1) is 0 Å². The van der Waals surface area contributed by atoms with Crippen molar-refractivity contribution in [2.75, 3.05) is 23.8 Å². The third-order valence-corrected chi connectivity index (χ3v) is 6.70. The highest BCUT2D eigenvalue weighted by atomic mass is 35.5. The maximum Gasteiger partial charge on any atom is 0.225 e. The Hall–Kier alpha value is -3.05. The molecule has 1 atom stereocenters. The summed E-state index contributed by atoms with van der Waals surface area (Å²) >= 11 is 6.12. The van der Waals surface area contributed by atoms with Gasteiger partial charge in [-0.05, 0) is 38.2 Å². The Balaban J connectivity index is 1.54. The number of hydrogen-bond acceptors (Lipinski definition) is 7. The molecule has 12 heteroatoms. The van der Waals surface area contributed by atoms with Crippen molar-refractivity contribution in [2.24, 2.45) is 11.7 Å². The summed E-state index contributed by atoms with van der Waals surface area (Å²) < 4.78 is 35.4. The van der Waals surface area contributed by atoms with E-state index >= 15 is 0 Å².